The fourth-order valence-corrected chi connectivity index (χ4v) is 1.94. The molecule has 98 valence electrons. The third kappa shape index (κ3) is 2.43. The molecule has 0 radical (unpaired) electrons. The lowest BCUT2D eigenvalue weighted by Gasteiger charge is -2.04. The first-order valence-corrected chi connectivity index (χ1v) is 6.15. The van der Waals surface area contributed by atoms with Crippen LogP contribution in [0.15, 0.2) is 48.7 Å². The van der Waals surface area contributed by atoms with Gasteiger partial charge in [-0.2, -0.15) is 0 Å². The van der Waals surface area contributed by atoms with Crippen LogP contribution in [-0.4, -0.2) is 10.7 Å². The van der Waals surface area contributed by atoms with Gasteiger partial charge in [0.15, 0.2) is 0 Å². The van der Waals surface area contributed by atoms with Crippen molar-refractivity contribution in [2.24, 2.45) is 7.05 Å². The highest BCUT2D eigenvalue weighted by Gasteiger charge is 2.05. The first-order chi connectivity index (χ1) is 9.72. The molecule has 0 spiro atoms. The van der Waals surface area contributed by atoms with E-state index >= 15 is 0 Å². The maximum Gasteiger partial charge on any atom is 0.417 e. The van der Waals surface area contributed by atoms with Crippen LogP contribution in [-0.2, 0) is 7.05 Å². The second-order valence-electron chi connectivity index (χ2n) is 4.37. The Labute approximate surface area is 116 Å². The van der Waals surface area contributed by atoms with Crippen molar-refractivity contribution < 1.29 is 9.53 Å². The summed E-state index contributed by atoms with van der Waals surface area (Å²) in [4.78, 5) is 11.8. The molecule has 4 nitrogen and oxygen atoms in total. The van der Waals surface area contributed by atoms with E-state index in [0.29, 0.717) is 11.4 Å². The molecule has 0 bridgehead atoms. The summed E-state index contributed by atoms with van der Waals surface area (Å²) in [5.41, 5.74) is 1.47. The average molecular weight is 264 g/mol. The first-order valence-electron chi connectivity index (χ1n) is 6.15. The third-order valence-electron chi connectivity index (χ3n) is 2.91. The first kappa shape index (κ1) is 12.1. The van der Waals surface area contributed by atoms with Crippen LogP contribution in [0.5, 0.6) is 5.75 Å². The quantitative estimate of drug-likeness (QED) is 0.771. The fourth-order valence-electron chi connectivity index (χ4n) is 1.94. The van der Waals surface area contributed by atoms with E-state index in [1.165, 1.54) is 0 Å². The Morgan fingerprint density at radius 2 is 2.00 bits per heavy atom. The van der Waals surface area contributed by atoms with Crippen LogP contribution >= 0.6 is 0 Å². The van der Waals surface area contributed by atoms with Crippen LogP contribution in [0, 0.1) is 12.1 Å². The van der Waals surface area contributed by atoms with Crippen molar-refractivity contribution in [2.75, 3.05) is 5.32 Å². The second kappa shape index (κ2) is 4.98. The number of carbonyl (C=O) groups is 1. The van der Waals surface area contributed by atoms with Gasteiger partial charge in [0.05, 0.1) is 11.2 Å². The molecule has 1 heterocycles. The zero-order chi connectivity index (χ0) is 13.9. The second-order valence-corrected chi connectivity index (χ2v) is 4.37. The van der Waals surface area contributed by atoms with Crippen molar-refractivity contribution in [2.45, 2.75) is 0 Å². The lowest BCUT2D eigenvalue weighted by molar-refractivity contribution is 0.215. The standard InChI is InChI=1S/C16H12N2O2/c1-18-10-9-12-11-13(7-8-15(12)18)17-16(19)20-14-5-3-2-4-6-14/h2-6,9-11H,1H3,(H,17,19). The molecule has 4 heteroatoms. The summed E-state index contributed by atoms with van der Waals surface area (Å²) in [7, 11) is 1.93. The maximum absolute atomic E-state index is 11.8. The van der Waals surface area contributed by atoms with E-state index in [4.69, 9.17) is 4.74 Å². The number of anilines is 1. The number of fused-ring (bicyclic) bond motifs is 1. The van der Waals surface area contributed by atoms with Gasteiger partial charge >= 0.3 is 6.09 Å². The lowest BCUT2D eigenvalue weighted by Crippen LogP contribution is -2.16. The Bertz CT molecular complexity index is 748. The van der Waals surface area contributed by atoms with Gasteiger partial charge in [-0.15, -0.1) is 0 Å². The topological polar surface area (TPSA) is 43.3 Å². The Morgan fingerprint density at radius 1 is 1.20 bits per heavy atom. The Morgan fingerprint density at radius 3 is 2.80 bits per heavy atom. The number of aromatic nitrogens is 1. The molecule has 3 rings (SSSR count). The Kier molecular flexibility index (Phi) is 3.02. The predicted octanol–water partition coefficient (Wildman–Crippen LogP) is 3.39. The summed E-state index contributed by atoms with van der Waals surface area (Å²) in [6.45, 7) is 0. The van der Waals surface area contributed by atoms with E-state index in [1.807, 2.05) is 36.0 Å². The number of rotatable bonds is 2. The molecule has 3 aromatic rings. The summed E-state index contributed by atoms with van der Waals surface area (Å²) < 4.78 is 7.09. The molecule has 20 heavy (non-hydrogen) atoms. The number of hydrogen-bond donors (Lipinski definition) is 1. The van der Waals surface area contributed by atoms with Gasteiger partial charge in [-0.1, -0.05) is 18.2 Å². The van der Waals surface area contributed by atoms with Gasteiger partial charge in [-0.25, -0.2) is 4.79 Å². The van der Waals surface area contributed by atoms with E-state index in [-0.39, 0.29) is 0 Å². The van der Waals surface area contributed by atoms with E-state index in [1.54, 1.807) is 24.3 Å². The normalized spacial score (nSPS) is 10.1. The van der Waals surface area contributed by atoms with Crippen LogP contribution in [0.25, 0.3) is 10.9 Å². The number of nitrogens with zero attached hydrogens (tertiary/aromatic N) is 1. The number of amides is 1. The monoisotopic (exact) mass is 264 g/mol. The predicted molar refractivity (Wildman–Crippen MR) is 76.7 cm³/mol. The minimum atomic E-state index is -0.545. The van der Waals surface area contributed by atoms with Crippen molar-refractivity contribution in [3.8, 4) is 5.75 Å². The van der Waals surface area contributed by atoms with Crippen LogP contribution in [0.4, 0.5) is 10.5 Å². The molecule has 0 aliphatic rings. The number of ether oxygens (including phenoxy) is 1. The van der Waals surface area contributed by atoms with Crippen molar-refractivity contribution in [3.05, 3.63) is 60.8 Å². The average Bonchev–Trinajstić information content (AvgIpc) is 2.81. The fraction of sp³-hybridized carbons (Fsp3) is 0.0625. The zero-order valence-electron chi connectivity index (χ0n) is 10.9. The molecule has 0 aliphatic carbocycles. The smallest absolute Gasteiger partial charge is 0.410 e. The minimum Gasteiger partial charge on any atom is -0.410 e. The molecule has 0 aliphatic heterocycles. The van der Waals surface area contributed by atoms with Gasteiger partial charge in [0.25, 0.3) is 0 Å². The zero-order valence-corrected chi connectivity index (χ0v) is 10.9. The number of nitrogens with one attached hydrogen (secondary N) is 1. The van der Waals surface area contributed by atoms with Gasteiger partial charge in [-0.05, 0) is 36.4 Å². The largest absolute Gasteiger partial charge is 0.417 e. The highest BCUT2D eigenvalue weighted by molar-refractivity contribution is 5.89. The van der Waals surface area contributed by atoms with Crippen molar-refractivity contribution in [3.63, 3.8) is 0 Å². The van der Waals surface area contributed by atoms with E-state index < -0.39 is 6.09 Å². The van der Waals surface area contributed by atoms with E-state index in [2.05, 4.69) is 17.4 Å². The molecule has 0 atom stereocenters. The summed E-state index contributed by atoms with van der Waals surface area (Å²) in [6.07, 6.45) is 1.39. The van der Waals surface area contributed by atoms with Crippen molar-refractivity contribution in [1.82, 2.24) is 4.57 Å². The van der Waals surface area contributed by atoms with Gasteiger partial charge in [0.1, 0.15) is 5.75 Å². The molecule has 1 amide bonds. The molecule has 1 N–H and O–H groups in total. The number of hydrogen-bond acceptors (Lipinski definition) is 2. The molecule has 0 unspecified atom stereocenters. The Balaban J connectivity index is 1.74. The highest BCUT2D eigenvalue weighted by atomic mass is 16.6. The van der Waals surface area contributed by atoms with E-state index in [0.717, 1.165) is 10.9 Å². The number of benzene rings is 1. The molecule has 0 saturated carbocycles. The lowest BCUT2D eigenvalue weighted by atomic mass is 10.3. The van der Waals surface area contributed by atoms with Crippen LogP contribution < -0.4 is 10.1 Å². The number of aryl methyl sites for hydroxylation is 1. The SMILES string of the molecule is Cn1ccc2cc(NC(=O)Oc3ccccc3)c#cc21. The summed E-state index contributed by atoms with van der Waals surface area (Å²) in [5.74, 6) is 0.495. The molecule has 2 aromatic carbocycles. The molecular formula is C16H12N2O2. The maximum atomic E-state index is 11.8. The third-order valence-corrected chi connectivity index (χ3v) is 2.91. The van der Waals surface area contributed by atoms with Gasteiger partial charge < -0.3 is 9.30 Å². The summed E-state index contributed by atoms with van der Waals surface area (Å²) >= 11 is 0. The van der Waals surface area contributed by atoms with Crippen molar-refractivity contribution >= 4 is 22.7 Å². The molecule has 0 saturated heterocycles. The van der Waals surface area contributed by atoms with Gasteiger partial charge in [0.2, 0.25) is 0 Å². The molecule has 1 aromatic heterocycles. The Hall–Kier alpha value is -2.93. The van der Waals surface area contributed by atoms with Gasteiger partial charge in [0, 0.05) is 18.6 Å². The summed E-state index contributed by atoms with van der Waals surface area (Å²) in [6, 6.07) is 18.6. The van der Waals surface area contributed by atoms with Crippen LogP contribution in [0.2, 0.25) is 0 Å². The van der Waals surface area contributed by atoms with E-state index in [9.17, 15) is 4.79 Å². The van der Waals surface area contributed by atoms with Crippen molar-refractivity contribution in [1.29, 1.82) is 0 Å². The summed E-state index contributed by atoms with van der Waals surface area (Å²) in [5, 5.41) is 3.62. The van der Waals surface area contributed by atoms with Crippen LogP contribution in [0.3, 0.4) is 0 Å². The molecule has 0 fully saturated rings. The van der Waals surface area contributed by atoms with Crippen LogP contribution in [0.1, 0.15) is 0 Å². The molecular weight excluding hydrogens is 252 g/mol. The number of para-hydroxylation sites is 1. The van der Waals surface area contributed by atoms with Gasteiger partial charge in [-0.3, -0.25) is 5.32 Å². The number of carbonyl (C=O) groups excluding carboxylic acids is 1. The minimum absolute atomic E-state index is 0.495. The highest BCUT2D eigenvalue weighted by Crippen LogP contribution is 2.16.